The second-order valence-electron chi connectivity index (χ2n) is 3.94. The molecule has 0 aliphatic carbocycles. The van der Waals surface area contributed by atoms with Gasteiger partial charge in [0, 0.05) is 13.1 Å². The first-order chi connectivity index (χ1) is 7.98. The van der Waals surface area contributed by atoms with E-state index in [0.717, 1.165) is 0 Å². The van der Waals surface area contributed by atoms with Gasteiger partial charge in [0.2, 0.25) is 0 Å². The van der Waals surface area contributed by atoms with Gasteiger partial charge in [-0.05, 0) is 24.3 Å². The van der Waals surface area contributed by atoms with Crippen LogP contribution in [0.25, 0.3) is 0 Å². The fraction of sp³-hybridized carbons (Fsp3) is 0.500. The number of hydrogen-bond donors (Lipinski definition) is 0. The number of nitrogens with zero attached hydrogens (tertiary/aromatic N) is 1. The predicted octanol–water partition coefficient (Wildman–Crippen LogP) is 1.65. The van der Waals surface area contributed by atoms with Gasteiger partial charge in [0.25, 0.3) is 5.91 Å². The predicted molar refractivity (Wildman–Crippen MR) is 63.3 cm³/mol. The van der Waals surface area contributed by atoms with Crippen LogP contribution in [0.15, 0.2) is 17.5 Å². The van der Waals surface area contributed by atoms with Gasteiger partial charge >= 0.3 is 10.2 Å². The summed E-state index contributed by atoms with van der Waals surface area (Å²) in [5, 5.41) is 0.862. The van der Waals surface area contributed by atoms with Crippen LogP contribution in [-0.2, 0) is 10.2 Å². The molecule has 94 valence electrons. The van der Waals surface area contributed by atoms with Gasteiger partial charge < -0.3 is 4.90 Å². The number of rotatable bonds is 2. The first-order valence-corrected chi connectivity index (χ1v) is 7.57. The van der Waals surface area contributed by atoms with Crippen LogP contribution in [0.4, 0.5) is 3.89 Å². The highest BCUT2D eigenvalue weighted by Gasteiger charge is 2.31. The van der Waals surface area contributed by atoms with Crippen LogP contribution in [0.5, 0.6) is 0 Å². The summed E-state index contributed by atoms with van der Waals surface area (Å²) in [4.78, 5) is 14.1. The van der Waals surface area contributed by atoms with Gasteiger partial charge in [-0.15, -0.1) is 15.2 Å². The number of likely N-dealkylation sites (tertiary alicyclic amines) is 1. The average Bonchev–Trinajstić information content (AvgIpc) is 2.80. The molecule has 0 atom stereocenters. The number of halogens is 1. The van der Waals surface area contributed by atoms with Crippen molar-refractivity contribution in [3.63, 3.8) is 0 Å². The maximum atomic E-state index is 12.7. The number of carbonyl (C=O) groups is 1. The Kier molecular flexibility index (Phi) is 3.48. The molecule has 0 bridgehead atoms. The Morgan fingerprint density at radius 2 is 2.06 bits per heavy atom. The summed E-state index contributed by atoms with van der Waals surface area (Å²) in [7, 11) is -4.46. The Labute approximate surface area is 103 Å². The molecule has 0 N–H and O–H groups in total. The first-order valence-electron chi connectivity index (χ1n) is 5.25. The average molecular weight is 277 g/mol. The smallest absolute Gasteiger partial charge is 0.305 e. The van der Waals surface area contributed by atoms with Crippen molar-refractivity contribution in [2.24, 2.45) is 0 Å². The van der Waals surface area contributed by atoms with E-state index in [9.17, 15) is 17.1 Å². The number of hydrogen-bond acceptors (Lipinski definition) is 4. The van der Waals surface area contributed by atoms with E-state index >= 15 is 0 Å². The third-order valence-corrected chi connectivity index (χ3v) is 4.98. The van der Waals surface area contributed by atoms with Crippen LogP contribution >= 0.6 is 11.3 Å². The highest BCUT2D eigenvalue weighted by molar-refractivity contribution is 7.87. The Hall–Kier alpha value is -0.950. The van der Waals surface area contributed by atoms with E-state index < -0.39 is 15.5 Å². The number of thiophene rings is 1. The molecule has 0 radical (unpaired) electrons. The summed E-state index contributed by atoms with van der Waals surface area (Å²) in [5.74, 6) is -0.102. The topological polar surface area (TPSA) is 54.5 Å². The van der Waals surface area contributed by atoms with Gasteiger partial charge in [-0.3, -0.25) is 4.79 Å². The minimum atomic E-state index is -4.46. The summed E-state index contributed by atoms with van der Waals surface area (Å²) in [5.41, 5.74) is 0. The van der Waals surface area contributed by atoms with Crippen molar-refractivity contribution >= 4 is 27.5 Å². The molecule has 17 heavy (non-hydrogen) atoms. The fourth-order valence-electron chi connectivity index (χ4n) is 1.90. The van der Waals surface area contributed by atoms with Crippen LogP contribution < -0.4 is 0 Å². The highest BCUT2D eigenvalue weighted by atomic mass is 32.3. The van der Waals surface area contributed by atoms with E-state index in [1.807, 2.05) is 5.38 Å². The van der Waals surface area contributed by atoms with E-state index in [0.29, 0.717) is 18.0 Å². The molecule has 1 aliphatic heterocycles. The lowest BCUT2D eigenvalue weighted by atomic mass is 10.1. The summed E-state index contributed by atoms with van der Waals surface area (Å²) >= 11 is 1.35. The summed E-state index contributed by atoms with van der Waals surface area (Å²) < 4.78 is 34.2. The molecular formula is C10H12FNO3S2. The third kappa shape index (κ3) is 2.84. The lowest BCUT2D eigenvalue weighted by molar-refractivity contribution is 0.0730. The molecule has 1 aliphatic rings. The van der Waals surface area contributed by atoms with Crippen LogP contribution in [0.3, 0.4) is 0 Å². The second kappa shape index (κ2) is 4.73. The molecule has 0 spiro atoms. The van der Waals surface area contributed by atoms with E-state index in [2.05, 4.69) is 0 Å². The zero-order chi connectivity index (χ0) is 12.5. The standard InChI is InChI=1S/C10H12FNO3S2/c11-17(14,15)8-3-5-12(6-4-8)10(13)9-2-1-7-16-9/h1-2,7-8H,3-6H2. The van der Waals surface area contributed by atoms with Crippen LogP contribution in [0, 0.1) is 0 Å². The molecule has 7 heteroatoms. The van der Waals surface area contributed by atoms with Crippen LogP contribution in [-0.4, -0.2) is 37.6 Å². The zero-order valence-electron chi connectivity index (χ0n) is 9.00. The van der Waals surface area contributed by atoms with Crippen molar-refractivity contribution in [3.05, 3.63) is 22.4 Å². The largest absolute Gasteiger partial charge is 0.338 e. The van der Waals surface area contributed by atoms with E-state index in [1.165, 1.54) is 11.3 Å². The molecule has 4 nitrogen and oxygen atoms in total. The Morgan fingerprint density at radius 1 is 1.41 bits per heavy atom. The van der Waals surface area contributed by atoms with Crippen LogP contribution in [0.2, 0.25) is 0 Å². The molecule has 2 rings (SSSR count). The Balaban J connectivity index is 1.98. The minimum absolute atomic E-state index is 0.102. The minimum Gasteiger partial charge on any atom is -0.338 e. The molecule has 1 aromatic rings. The van der Waals surface area contributed by atoms with E-state index in [-0.39, 0.29) is 18.7 Å². The number of piperidine rings is 1. The van der Waals surface area contributed by atoms with Gasteiger partial charge in [0.1, 0.15) is 0 Å². The molecular weight excluding hydrogens is 265 g/mol. The maximum absolute atomic E-state index is 12.7. The third-order valence-electron chi connectivity index (χ3n) is 2.86. The molecule has 0 saturated carbocycles. The van der Waals surface area contributed by atoms with Crippen LogP contribution in [0.1, 0.15) is 22.5 Å². The molecule has 0 aromatic carbocycles. The van der Waals surface area contributed by atoms with Crippen molar-refractivity contribution in [2.75, 3.05) is 13.1 Å². The van der Waals surface area contributed by atoms with Crippen molar-refractivity contribution in [1.82, 2.24) is 4.90 Å². The Morgan fingerprint density at radius 3 is 2.53 bits per heavy atom. The summed E-state index contributed by atoms with van der Waals surface area (Å²) in [6.45, 7) is 0.592. The monoisotopic (exact) mass is 277 g/mol. The molecule has 2 heterocycles. The van der Waals surface area contributed by atoms with E-state index in [4.69, 9.17) is 0 Å². The number of amides is 1. The van der Waals surface area contributed by atoms with Crippen molar-refractivity contribution in [1.29, 1.82) is 0 Å². The van der Waals surface area contributed by atoms with Gasteiger partial charge in [-0.1, -0.05) is 6.07 Å². The maximum Gasteiger partial charge on any atom is 0.305 e. The molecule has 1 saturated heterocycles. The van der Waals surface area contributed by atoms with Crippen molar-refractivity contribution < 1.29 is 17.1 Å². The lowest BCUT2D eigenvalue weighted by Crippen LogP contribution is -2.41. The zero-order valence-corrected chi connectivity index (χ0v) is 10.6. The SMILES string of the molecule is O=C(c1cccs1)N1CCC(S(=O)(=O)F)CC1. The van der Waals surface area contributed by atoms with Crippen molar-refractivity contribution in [2.45, 2.75) is 18.1 Å². The molecule has 0 unspecified atom stereocenters. The van der Waals surface area contributed by atoms with Gasteiger partial charge in [-0.25, -0.2) is 0 Å². The van der Waals surface area contributed by atoms with Crippen molar-refractivity contribution in [3.8, 4) is 0 Å². The second-order valence-corrected chi connectivity index (χ2v) is 6.51. The Bertz CT molecular complexity index is 490. The van der Waals surface area contributed by atoms with Gasteiger partial charge in [0.15, 0.2) is 0 Å². The molecule has 1 amide bonds. The lowest BCUT2D eigenvalue weighted by Gasteiger charge is -2.29. The molecule has 1 fully saturated rings. The van der Waals surface area contributed by atoms with Gasteiger partial charge in [-0.2, -0.15) is 8.42 Å². The normalized spacial score (nSPS) is 18.3. The molecule has 1 aromatic heterocycles. The first kappa shape index (κ1) is 12.5. The quantitative estimate of drug-likeness (QED) is 0.772. The fourth-order valence-corrected chi connectivity index (χ4v) is 3.36. The number of carbonyl (C=O) groups excluding carboxylic acids is 1. The highest BCUT2D eigenvalue weighted by Crippen LogP contribution is 2.21. The van der Waals surface area contributed by atoms with E-state index in [1.54, 1.807) is 17.0 Å². The summed E-state index contributed by atoms with van der Waals surface area (Å²) in [6.07, 6.45) is 0.353. The summed E-state index contributed by atoms with van der Waals surface area (Å²) in [6, 6.07) is 3.52. The van der Waals surface area contributed by atoms with Gasteiger partial charge in [0.05, 0.1) is 10.1 Å².